The quantitative estimate of drug-likeness (QED) is 0.592. The lowest BCUT2D eigenvalue weighted by atomic mass is 10.2. The van der Waals surface area contributed by atoms with Crippen LogP contribution in [0, 0.1) is 12.3 Å². The van der Waals surface area contributed by atoms with Crippen molar-refractivity contribution in [1.29, 1.82) is 5.41 Å². The molecule has 1 aliphatic carbocycles. The van der Waals surface area contributed by atoms with Crippen molar-refractivity contribution >= 4 is 16.9 Å². The number of benzene rings is 1. The van der Waals surface area contributed by atoms with Gasteiger partial charge in [-0.2, -0.15) is 0 Å². The van der Waals surface area contributed by atoms with E-state index >= 15 is 0 Å². The molecule has 0 saturated heterocycles. The van der Waals surface area contributed by atoms with E-state index in [2.05, 4.69) is 9.55 Å². The van der Waals surface area contributed by atoms with Gasteiger partial charge in [0.25, 0.3) is 0 Å². The minimum Gasteiger partial charge on any atom is -0.384 e. The number of nitrogens with one attached hydrogen (secondary N) is 1. The first-order valence-corrected chi connectivity index (χ1v) is 5.50. The Morgan fingerprint density at radius 3 is 2.88 bits per heavy atom. The molecule has 4 heteroatoms. The average molecular weight is 214 g/mol. The minimum atomic E-state index is 0.114. The number of imidazole rings is 1. The number of hydrogen-bond donors (Lipinski definition) is 2. The van der Waals surface area contributed by atoms with Crippen LogP contribution in [0.4, 0.5) is 0 Å². The van der Waals surface area contributed by atoms with Crippen molar-refractivity contribution in [2.24, 2.45) is 5.73 Å². The van der Waals surface area contributed by atoms with Crippen LogP contribution in [0.25, 0.3) is 11.0 Å². The fourth-order valence-electron chi connectivity index (χ4n) is 2.17. The summed E-state index contributed by atoms with van der Waals surface area (Å²) >= 11 is 0. The largest absolute Gasteiger partial charge is 0.384 e. The fourth-order valence-corrected chi connectivity index (χ4v) is 2.17. The third-order valence-corrected chi connectivity index (χ3v) is 3.09. The molecular formula is C12H14N4. The van der Waals surface area contributed by atoms with Crippen LogP contribution in [0.1, 0.15) is 30.3 Å². The van der Waals surface area contributed by atoms with Gasteiger partial charge in [-0.05, 0) is 38.0 Å². The van der Waals surface area contributed by atoms with Gasteiger partial charge >= 0.3 is 0 Å². The molecule has 1 aromatic heterocycles. The van der Waals surface area contributed by atoms with Crippen LogP contribution in [0.15, 0.2) is 18.2 Å². The molecule has 16 heavy (non-hydrogen) atoms. The van der Waals surface area contributed by atoms with Crippen LogP contribution >= 0.6 is 0 Å². The van der Waals surface area contributed by atoms with Crippen molar-refractivity contribution in [2.75, 3.05) is 0 Å². The van der Waals surface area contributed by atoms with Crippen LogP contribution in [0.3, 0.4) is 0 Å². The summed E-state index contributed by atoms with van der Waals surface area (Å²) in [6.45, 7) is 2.03. The van der Waals surface area contributed by atoms with Crippen molar-refractivity contribution in [2.45, 2.75) is 25.8 Å². The van der Waals surface area contributed by atoms with Gasteiger partial charge in [-0.3, -0.25) is 5.41 Å². The highest BCUT2D eigenvalue weighted by atomic mass is 15.1. The van der Waals surface area contributed by atoms with E-state index < -0.39 is 0 Å². The SMILES string of the molecule is Cc1nc2ccc(C(=N)N)cc2n1C1CC1. The molecule has 0 unspecified atom stereocenters. The Hall–Kier alpha value is -1.84. The van der Waals surface area contributed by atoms with E-state index in [1.807, 2.05) is 25.1 Å². The van der Waals surface area contributed by atoms with Crippen molar-refractivity contribution in [3.05, 3.63) is 29.6 Å². The molecule has 3 rings (SSSR count). The van der Waals surface area contributed by atoms with Crippen molar-refractivity contribution < 1.29 is 0 Å². The molecule has 0 atom stereocenters. The van der Waals surface area contributed by atoms with Crippen LogP contribution in [-0.4, -0.2) is 15.4 Å². The molecule has 1 aliphatic rings. The number of aryl methyl sites for hydroxylation is 1. The van der Waals surface area contributed by atoms with Gasteiger partial charge in [0.1, 0.15) is 11.7 Å². The zero-order valence-corrected chi connectivity index (χ0v) is 9.20. The molecule has 1 aromatic carbocycles. The predicted molar refractivity (Wildman–Crippen MR) is 63.8 cm³/mol. The Balaban J connectivity index is 2.27. The van der Waals surface area contributed by atoms with E-state index in [1.165, 1.54) is 12.8 Å². The van der Waals surface area contributed by atoms with E-state index in [4.69, 9.17) is 11.1 Å². The number of rotatable bonds is 2. The third kappa shape index (κ3) is 1.30. The zero-order valence-electron chi connectivity index (χ0n) is 9.20. The molecule has 0 amide bonds. The summed E-state index contributed by atoms with van der Waals surface area (Å²) in [5.74, 6) is 1.17. The Labute approximate surface area is 93.6 Å². The summed E-state index contributed by atoms with van der Waals surface area (Å²) < 4.78 is 2.27. The second-order valence-electron chi connectivity index (χ2n) is 4.38. The topological polar surface area (TPSA) is 67.7 Å². The first-order valence-electron chi connectivity index (χ1n) is 5.50. The summed E-state index contributed by atoms with van der Waals surface area (Å²) in [7, 11) is 0. The summed E-state index contributed by atoms with van der Waals surface area (Å²) in [4.78, 5) is 4.53. The van der Waals surface area contributed by atoms with Crippen LogP contribution in [-0.2, 0) is 0 Å². The summed E-state index contributed by atoms with van der Waals surface area (Å²) in [6.07, 6.45) is 2.47. The lowest BCUT2D eigenvalue weighted by Gasteiger charge is -2.04. The molecule has 1 heterocycles. The number of amidine groups is 1. The number of fused-ring (bicyclic) bond motifs is 1. The average Bonchev–Trinajstić information content (AvgIpc) is 3.00. The van der Waals surface area contributed by atoms with E-state index in [9.17, 15) is 0 Å². The van der Waals surface area contributed by atoms with Crippen molar-refractivity contribution in [3.8, 4) is 0 Å². The van der Waals surface area contributed by atoms with Gasteiger partial charge in [0.2, 0.25) is 0 Å². The van der Waals surface area contributed by atoms with E-state index in [-0.39, 0.29) is 5.84 Å². The predicted octanol–water partition coefficient (Wildman–Crippen LogP) is 1.96. The van der Waals surface area contributed by atoms with Gasteiger partial charge in [0.05, 0.1) is 11.0 Å². The molecule has 4 nitrogen and oxygen atoms in total. The van der Waals surface area contributed by atoms with Gasteiger partial charge < -0.3 is 10.3 Å². The van der Waals surface area contributed by atoms with Crippen LogP contribution in [0.2, 0.25) is 0 Å². The van der Waals surface area contributed by atoms with Gasteiger partial charge in [0, 0.05) is 11.6 Å². The molecule has 3 N–H and O–H groups in total. The number of nitrogen functional groups attached to an aromatic ring is 1. The highest BCUT2D eigenvalue weighted by Gasteiger charge is 2.26. The van der Waals surface area contributed by atoms with Crippen molar-refractivity contribution in [1.82, 2.24) is 9.55 Å². The minimum absolute atomic E-state index is 0.114. The maximum Gasteiger partial charge on any atom is 0.122 e. The normalized spacial score (nSPS) is 15.6. The Morgan fingerprint density at radius 1 is 1.50 bits per heavy atom. The number of hydrogen-bond acceptors (Lipinski definition) is 2. The highest BCUT2D eigenvalue weighted by molar-refractivity contribution is 5.98. The molecule has 82 valence electrons. The van der Waals surface area contributed by atoms with Crippen LogP contribution in [0.5, 0.6) is 0 Å². The zero-order chi connectivity index (χ0) is 11.3. The van der Waals surface area contributed by atoms with E-state index in [0.717, 1.165) is 22.4 Å². The molecule has 2 aromatic rings. The summed E-state index contributed by atoms with van der Waals surface area (Å²) in [5.41, 5.74) is 8.38. The molecule has 0 aliphatic heterocycles. The van der Waals surface area contributed by atoms with Gasteiger partial charge in [0.15, 0.2) is 0 Å². The first-order chi connectivity index (χ1) is 7.66. The summed E-state index contributed by atoms with van der Waals surface area (Å²) in [6, 6.07) is 6.37. The lowest BCUT2D eigenvalue weighted by Crippen LogP contribution is -2.10. The molecular weight excluding hydrogens is 200 g/mol. The number of nitrogens with zero attached hydrogens (tertiary/aromatic N) is 2. The maximum absolute atomic E-state index is 7.46. The Kier molecular flexibility index (Phi) is 1.80. The molecule has 1 saturated carbocycles. The van der Waals surface area contributed by atoms with Gasteiger partial charge in [-0.1, -0.05) is 0 Å². The van der Waals surface area contributed by atoms with E-state index in [1.54, 1.807) is 0 Å². The molecule has 0 bridgehead atoms. The highest BCUT2D eigenvalue weighted by Crippen LogP contribution is 2.38. The monoisotopic (exact) mass is 214 g/mol. The smallest absolute Gasteiger partial charge is 0.122 e. The molecule has 0 radical (unpaired) electrons. The fraction of sp³-hybridized carbons (Fsp3) is 0.333. The third-order valence-electron chi connectivity index (χ3n) is 3.09. The van der Waals surface area contributed by atoms with E-state index in [0.29, 0.717) is 6.04 Å². The standard InChI is InChI=1S/C12H14N4/c1-7-15-10-5-2-8(12(13)14)6-11(10)16(7)9-3-4-9/h2,5-6,9H,3-4H2,1H3,(H3,13,14). The second kappa shape index (κ2) is 3.07. The molecule has 1 fully saturated rings. The lowest BCUT2D eigenvalue weighted by molar-refractivity contribution is 0.734. The Bertz CT molecular complexity index is 578. The molecule has 0 spiro atoms. The number of nitrogens with two attached hydrogens (primary N) is 1. The Morgan fingerprint density at radius 2 is 2.25 bits per heavy atom. The maximum atomic E-state index is 7.46. The van der Waals surface area contributed by atoms with Gasteiger partial charge in [-0.15, -0.1) is 0 Å². The first kappa shape index (κ1) is 9.39. The number of aromatic nitrogens is 2. The van der Waals surface area contributed by atoms with Gasteiger partial charge in [-0.25, -0.2) is 4.98 Å². The summed E-state index contributed by atoms with van der Waals surface area (Å²) in [5, 5.41) is 7.46. The second-order valence-corrected chi connectivity index (χ2v) is 4.38. The van der Waals surface area contributed by atoms with Crippen molar-refractivity contribution in [3.63, 3.8) is 0 Å². The van der Waals surface area contributed by atoms with Crippen LogP contribution < -0.4 is 5.73 Å².